The monoisotopic (exact) mass is 486 g/mol. The van der Waals surface area contributed by atoms with Gasteiger partial charge in [0.05, 0.1) is 12.0 Å². The van der Waals surface area contributed by atoms with Gasteiger partial charge < -0.3 is 10.4 Å². The normalized spacial score (nSPS) is 23.6. The molecule has 6 nitrogen and oxygen atoms in total. The van der Waals surface area contributed by atoms with Crippen molar-refractivity contribution >= 4 is 33.8 Å². The van der Waals surface area contributed by atoms with Crippen molar-refractivity contribution in [2.45, 2.75) is 63.5 Å². The molecule has 0 spiro atoms. The van der Waals surface area contributed by atoms with Crippen molar-refractivity contribution in [3.05, 3.63) is 34.3 Å². The first-order valence-electron chi connectivity index (χ1n) is 10.1. The summed E-state index contributed by atoms with van der Waals surface area (Å²) in [5, 5.41) is 11.9. The minimum Gasteiger partial charge on any atom is -0.480 e. The van der Waals surface area contributed by atoms with Crippen LogP contribution in [0, 0.1) is 11.8 Å². The summed E-state index contributed by atoms with van der Waals surface area (Å²) < 4.78 is 29.3. The summed E-state index contributed by atoms with van der Waals surface area (Å²) in [6.07, 6.45) is 3.86. The van der Waals surface area contributed by atoms with Gasteiger partial charge in [0.1, 0.15) is 0 Å². The van der Waals surface area contributed by atoms with E-state index in [-0.39, 0.29) is 6.42 Å². The Morgan fingerprint density at radius 1 is 1.30 bits per heavy atom. The van der Waals surface area contributed by atoms with E-state index in [1.807, 2.05) is 0 Å². The standard InChI is InChI=1S/C21H25BrF2N2O4/c1-21(23,24)17(13-7-3-2-4-8-13)25-20(30)26-16(19(28)29)15(18(26)27)11-12-6-5-9-14(22)10-12/h5-6,9-10,13,15-17H,2-4,7-8,11H2,1H3,(H,25,30)(H,28,29)/t15-,16+,17+/m1/s1. The van der Waals surface area contributed by atoms with Crippen molar-refractivity contribution in [1.29, 1.82) is 0 Å². The number of urea groups is 1. The maximum absolute atomic E-state index is 14.2. The average Bonchev–Trinajstić information content (AvgIpc) is 2.67. The lowest BCUT2D eigenvalue weighted by Crippen LogP contribution is -2.70. The molecule has 0 bridgehead atoms. The molecule has 9 heteroatoms. The number of nitrogens with zero attached hydrogens (tertiary/aromatic N) is 1. The van der Waals surface area contributed by atoms with Crippen LogP contribution in [0.5, 0.6) is 0 Å². The highest BCUT2D eigenvalue weighted by atomic mass is 79.9. The van der Waals surface area contributed by atoms with E-state index in [4.69, 9.17) is 0 Å². The zero-order valence-corrected chi connectivity index (χ0v) is 18.2. The molecule has 1 aliphatic heterocycles. The molecule has 3 atom stereocenters. The van der Waals surface area contributed by atoms with Gasteiger partial charge in [0, 0.05) is 11.4 Å². The second kappa shape index (κ2) is 8.99. The fourth-order valence-electron chi connectivity index (χ4n) is 4.50. The summed E-state index contributed by atoms with van der Waals surface area (Å²) in [5.41, 5.74) is 0.745. The summed E-state index contributed by atoms with van der Waals surface area (Å²) in [7, 11) is 0. The smallest absolute Gasteiger partial charge is 0.327 e. The molecule has 30 heavy (non-hydrogen) atoms. The Hall–Kier alpha value is -2.03. The molecule has 1 saturated heterocycles. The zero-order valence-electron chi connectivity index (χ0n) is 16.6. The van der Waals surface area contributed by atoms with E-state index < -0.39 is 47.7 Å². The molecule has 1 aromatic rings. The third kappa shape index (κ3) is 4.82. The number of carboxylic acid groups (broad SMARTS) is 1. The molecule has 1 heterocycles. The molecular formula is C21H25BrF2N2O4. The Morgan fingerprint density at radius 3 is 2.53 bits per heavy atom. The van der Waals surface area contributed by atoms with Crippen LogP contribution in [0.2, 0.25) is 0 Å². The van der Waals surface area contributed by atoms with E-state index in [9.17, 15) is 28.3 Å². The number of β-lactam (4-membered cyclic amide) rings is 1. The first-order chi connectivity index (χ1) is 14.1. The Kier molecular flexibility index (Phi) is 6.79. The van der Waals surface area contributed by atoms with Crippen LogP contribution in [0.15, 0.2) is 28.7 Å². The number of amides is 3. The van der Waals surface area contributed by atoms with Crippen LogP contribution in [-0.4, -0.2) is 45.9 Å². The van der Waals surface area contributed by atoms with Gasteiger partial charge in [0.2, 0.25) is 5.91 Å². The number of alkyl halides is 2. The summed E-state index contributed by atoms with van der Waals surface area (Å²) in [5.74, 6) is -6.50. The van der Waals surface area contributed by atoms with Crippen molar-refractivity contribution in [3.8, 4) is 0 Å². The summed E-state index contributed by atoms with van der Waals surface area (Å²) in [4.78, 5) is 37.6. The van der Waals surface area contributed by atoms with Crippen molar-refractivity contribution < 1.29 is 28.3 Å². The second-order valence-electron chi connectivity index (χ2n) is 8.21. The fourth-order valence-corrected chi connectivity index (χ4v) is 4.95. The number of benzene rings is 1. The van der Waals surface area contributed by atoms with Crippen molar-refractivity contribution in [3.63, 3.8) is 0 Å². The molecule has 164 valence electrons. The number of nitrogens with one attached hydrogen (secondary N) is 1. The molecule has 1 aromatic carbocycles. The van der Waals surface area contributed by atoms with Gasteiger partial charge in [-0.2, -0.15) is 0 Å². The maximum Gasteiger partial charge on any atom is 0.327 e. The Bertz CT molecular complexity index is 823. The van der Waals surface area contributed by atoms with Crippen LogP contribution < -0.4 is 5.32 Å². The molecule has 1 aliphatic carbocycles. The minimum absolute atomic E-state index is 0.148. The number of hydrogen-bond donors (Lipinski definition) is 2. The Balaban J connectivity index is 1.74. The number of carboxylic acids is 1. The average molecular weight is 487 g/mol. The molecule has 1 saturated carbocycles. The van der Waals surface area contributed by atoms with Gasteiger partial charge in [-0.05, 0) is 42.9 Å². The van der Waals surface area contributed by atoms with E-state index >= 15 is 0 Å². The molecule has 0 unspecified atom stereocenters. The van der Waals surface area contributed by atoms with Gasteiger partial charge in [0.15, 0.2) is 6.04 Å². The first kappa shape index (κ1) is 22.7. The van der Waals surface area contributed by atoms with Gasteiger partial charge in [-0.25, -0.2) is 23.3 Å². The number of aliphatic carboxylic acids is 1. The van der Waals surface area contributed by atoms with E-state index in [2.05, 4.69) is 21.2 Å². The second-order valence-corrected chi connectivity index (χ2v) is 9.13. The third-order valence-corrected chi connectivity index (χ3v) is 6.47. The molecule has 2 aliphatic rings. The van der Waals surface area contributed by atoms with Crippen molar-refractivity contribution in [1.82, 2.24) is 10.2 Å². The fraction of sp³-hybridized carbons (Fsp3) is 0.571. The van der Waals surface area contributed by atoms with Gasteiger partial charge in [-0.1, -0.05) is 47.3 Å². The van der Waals surface area contributed by atoms with Crippen molar-refractivity contribution in [2.75, 3.05) is 0 Å². The Labute approximate surface area is 182 Å². The predicted octanol–water partition coefficient (Wildman–Crippen LogP) is 4.22. The van der Waals surface area contributed by atoms with Gasteiger partial charge in [0.25, 0.3) is 5.92 Å². The van der Waals surface area contributed by atoms with Gasteiger partial charge >= 0.3 is 12.0 Å². The zero-order chi connectivity index (χ0) is 22.1. The maximum atomic E-state index is 14.2. The molecule has 2 fully saturated rings. The minimum atomic E-state index is -3.18. The topological polar surface area (TPSA) is 86.7 Å². The quantitative estimate of drug-likeness (QED) is 0.589. The lowest BCUT2D eigenvalue weighted by molar-refractivity contribution is -0.165. The van der Waals surface area contributed by atoms with Crippen molar-refractivity contribution in [2.24, 2.45) is 11.8 Å². The highest BCUT2D eigenvalue weighted by Gasteiger charge is 2.55. The number of halogens is 3. The largest absolute Gasteiger partial charge is 0.480 e. The molecule has 0 aromatic heterocycles. The van der Waals surface area contributed by atoms with Crippen LogP contribution in [0.25, 0.3) is 0 Å². The third-order valence-electron chi connectivity index (χ3n) is 5.98. The van der Waals surface area contributed by atoms with Crippen LogP contribution in [0.1, 0.15) is 44.6 Å². The van der Waals surface area contributed by atoms with Crippen LogP contribution in [0.3, 0.4) is 0 Å². The number of carbonyl (C=O) groups excluding carboxylic acids is 2. The van der Waals surface area contributed by atoms with Crippen LogP contribution in [0.4, 0.5) is 13.6 Å². The van der Waals surface area contributed by atoms with E-state index in [1.54, 1.807) is 24.3 Å². The molecule has 3 amide bonds. The number of likely N-dealkylation sites (tertiary alicyclic amines) is 1. The van der Waals surface area contributed by atoms with Crippen LogP contribution in [-0.2, 0) is 16.0 Å². The summed E-state index contributed by atoms with van der Waals surface area (Å²) in [6.45, 7) is 0.745. The highest BCUT2D eigenvalue weighted by Crippen LogP contribution is 2.35. The Morgan fingerprint density at radius 2 is 1.97 bits per heavy atom. The number of imide groups is 1. The van der Waals surface area contributed by atoms with E-state index in [1.165, 1.54) is 0 Å². The highest BCUT2D eigenvalue weighted by molar-refractivity contribution is 9.10. The SMILES string of the molecule is CC(F)(F)[C@@H](NC(=O)N1C(=O)[C@H](Cc2cccc(Br)c2)[C@H]1C(=O)O)C1CCCCC1. The van der Waals surface area contributed by atoms with Gasteiger partial charge in [-0.15, -0.1) is 0 Å². The van der Waals surface area contributed by atoms with Crippen LogP contribution >= 0.6 is 15.9 Å². The van der Waals surface area contributed by atoms with E-state index in [0.29, 0.717) is 17.7 Å². The summed E-state index contributed by atoms with van der Waals surface area (Å²) >= 11 is 3.32. The van der Waals surface area contributed by atoms with Gasteiger partial charge in [-0.3, -0.25) is 4.79 Å². The molecular weight excluding hydrogens is 462 g/mol. The lowest BCUT2D eigenvalue weighted by atomic mass is 9.81. The summed E-state index contributed by atoms with van der Waals surface area (Å²) in [6, 6.07) is 3.22. The number of carbonyl (C=O) groups is 3. The lowest BCUT2D eigenvalue weighted by Gasteiger charge is -2.44. The number of rotatable bonds is 6. The molecule has 0 radical (unpaired) electrons. The van der Waals surface area contributed by atoms with E-state index in [0.717, 1.165) is 36.2 Å². The number of hydrogen-bond acceptors (Lipinski definition) is 3. The molecule has 2 N–H and O–H groups in total. The molecule has 3 rings (SSSR count). The predicted molar refractivity (Wildman–Crippen MR) is 109 cm³/mol. The first-order valence-corrected chi connectivity index (χ1v) is 10.9.